The van der Waals surface area contributed by atoms with Gasteiger partial charge in [0.2, 0.25) is 0 Å². The van der Waals surface area contributed by atoms with E-state index in [1.807, 2.05) is 7.05 Å². The van der Waals surface area contributed by atoms with E-state index >= 15 is 0 Å². The summed E-state index contributed by atoms with van der Waals surface area (Å²) < 4.78 is 4.98. The van der Waals surface area contributed by atoms with E-state index in [9.17, 15) is 9.90 Å². The van der Waals surface area contributed by atoms with E-state index in [4.69, 9.17) is 10.5 Å². The van der Waals surface area contributed by atoms with Crippen LogP contribution in [0.4, 0.5) is 0 Å². The number of ether oxygens (including phenoxy) is 1. The fraction of sp³-hybridized carbons (Fsp3) is 0.533. The summed E-state index contributed by atoms with van der Waals surface area (Å²) >= 11 is 0. The average molecular weight is 278 g/mol. The van der Waals surface area contributed by atoms with Crippen molar-refractivity contribution in [3.63, 3.8) is 0 Å². The summed E-state index contributed by atoms with van der Waals surface area (Å²) in [5.41, 5.74) is 6.36. The molecule has 5 heteroatoms. The first kappa shape index (κ1) is 14.7. The van der Waals surface area contributed by atoms with Crippen LogP contribution in [-0.4, -0.2) is 42.2 Å². The van der Waals surface area contributed by atoms with Gasteiger partial charge in [-0.1, -0.05) is 0 Å². The van der Waals surface area contributed by atoms with Crippen LogP contribution in [0.15, 0.2) is 18.2 Å². The molecule has 1 aliphatic carbocycles. The molecule has 0 unspecified atom stereocenters. The van der Waals surface area contributed by atoms with E-state index in [-0.39, 0.29) is 23.7 Å². The molecule has 0 atom stereocenters. The molecule has 1 saturated carbocycles. The van der Waals surface area contributed by atoms with E-state index < -0.39 is 0 Å². The average Bonchev–Trinajstić information content (AvgIpc) is 2.46. The highest BCUT2D eigenvalue weighted by Gasteiger charge is 2.26. The summed E-state index contributed by atoms with van der Waals surface area (Å²) in [4.78, 5) is 14.2. The number of nitrogens with two attached hydrogens (primary N) is 1. The zero-order valence-corrected chi connectivity index (χ0v) is 12.0. The number of phenolic OH excluding ortho intramolecular Hbond substituents is 1. The van der Waals surface area contributed by atoms with Crippen LogP contribution < -0.4 is 10.5 Å². The number of carbonyl (C=O) groups is 1. The lowest BCUT2D eigenvalue weighted by atomic mass is 9.90. The lowest BCUT2D eigenvalue weighted by molar-refractivity contribution is 0.0689. The molecule has 110 valence electrons. The molecule has 20 heavy (non-hydrogen) atoms. The quantitative estimate of drug-likeness (QED) is 0.883. The normalized spacial score (nSPS) is 22.4. The van der Waals surface area contributed by atoms with Crippen LogP contribution in [0.2, 0.25) is 0 Å². The van der Waals surface area contributed by atoms with E-state index in [0.29, 0.717) is 11.3 Å². The molecular formula is C15H22N2O3. The van der Waals surface area contributed by atoms with Crippen LogP contribution >= 0.6 is 0 Å². The molecule has 0 radical (unpaired) electrons. The van der Waals surface area contributed by atoms with Crippen LogP contribution in [0.1, 0.15) is 36.0 Å². The Kier molecular flexibility index (Phi) is 4.49. The summed E-state index contributed by atoms with van der Waals surface area (Å²) in [7, 11) is 3.29. The van der Waals surface area contributed by atoms with Crippen LogP contribution in [0.25, 0.3) is 0 Å². The number of carbonyl (C=O) groups excluding carboxylic acids is 1. The molecule has 1 aliphatic rings. The monoisotopic (exact) mass is 278 g/mol. The number of methoxy groups -OCH3 is 1. The van der Waals surface area contributed by atoms with Gasteiger partial charge < -0.3 is 20.5 Å². The van der Waals surface area contributed by atoms with Crippen molar-refractivity contribution in [1.82, 2.24) is 4.90 Å². The summed E-state index contributed by atoms with van der Waals surface area (Å²) in [6.45, 7) is 0. The van der Waals surface area contributed by atoms with Gasteiger partial charge in [-0.2, -0.15) is 0 Å². The van der Waals surface area contributed by atoms with Gasteiger partial charge in [-0.25, -0.2) is 0 Å². The number of nitrogens with zero attached hydrogens (tertiary/aromatic N) is 1. The van der Waals surface area contributed by atoms with Crippen LogP contribution in [0.3, 0.4) is 0 Å². The zero-order chi connectivity index (χ0) is 14.7. The second kappa shape index (κ2) is 6.13. The molecule has 0 heterocycles. The van der Waals surface area contributed by atoms with Gasteiger partial charge in [0.15, 0.2) is 11.5 Å². The second-order valence-corrected chi connectivity index (χ2v) is 5.37. The first-order valence-corrected chi connectivity index (χ1v) is 6.92. The van der Waals surface area contributed by atoms with Crippen molar-refractivity contribution in [2.75, 3.05) is 14.2 Å². The highest BCUT2D eigenvalue weighted by Crippen LogP contribution is 2.28. The third kappa shape index (κ3) is 3.04. The Labute approximate surface area is 119 Å². The fourth-order valence-corrected chi connectivity index (χ4v) is 2.68. The molecule has 0 saturated heterocycles. The van der Waals surface area contributed by atoms with Gasteiger partial charge >= 0.3 is 0 Å². The van der Waals surface area contributed by atoms with Gasteiger partial charge in [0, 0.05) is 24.7 Å². The Morgan fingerprint density at radius 1 is 1.35 bits per heavy atom. The van der Waals surface area contributed by atoms with Gasteiger partial charge in [-0.05, 0) is 43.9 Å². The highest BCUT2D eigenvalue weighted by atomic mass is 16.5. The van der Waals surface area contributed by atoms with Crippen molar-refractivity contribution in [2.45, 2.75) is 37.8 Å². The molecule has 1 fully saturated rings. The SMILES string of the molecule is COc1ccc(C(=O)N(C)C2CCC(N)CC2)cc1O. The first-order chi connectivity index (χ1) is 9.52. The molecule has 1 aromatic carbocycles. The van der Waals surface area contributed by atoms with Crippen molar-refractivity contribution in [1.29, 1.82) is 0 Å². The topological polar surface area (TPSA) is 75.8 Å². The fourth-order valence-electron chi connectivity index (χ4n) is 2.68. The largest absolute Gasteiger partial charge is 0.504 e. The molecule has 0 spiro atoms. The lowest BCUT2D eigenvalue weighted by Gasteiger charge is -2.33. The first-order valence-electron chi connectivity index (χ1n) is 6.92. The number of hydrogen-bond acceptors (Lipinski definition) is 4. The third-order valence-corrected chi connectivity index (χ3v) is 4.04. The Balaban J connectivity index is 2.08. The molecule has 0 aromatic heterocycles. The van der Waals surface area contributed by atoms with E-state index in [0.717, 1.165) is 25.7 Å². The number of phenols is 1. The number of hydrogen-bond donors (Lipinski definition) is 2. The number of benzene rings is 1. The Bertz CT molecular complexity index is 482. The van der Waals surface area contributed by atoms with Crippen molar-refractivity contribution >= 4 is 5.91 Å². The Hall–Kier alpha value is -1.75. The molecule has 0 aliphatic heterocycles. The van der Waals surface area contributed by atoms with Gasteiger partial charge in [-0.15, -0.1) is 0 Å². The minimum Gasteiger partial charge on any atom is -0.504 e. The molecular weight excluding hydrogens is 256 g/mol. The number of aromatic hydroxyl groups is 1. The molecule has 2 rings (SSSR count). The molecule has 1 aromatic rings. The lowest BCUT2D eigenvalue weighted by Crippen LogP contribution is -2.41. The standard InChI is InChI=1S/C15H22N2O3/c1-17(12-6-4-11(16)5-7-12)15(19)10-3-8-14(20-2)13(18)9-10/h3,8-9,11-12,18H,4-7,16H2,1-2H3. The van der Waals surface area contributed by atoms with Crippen molar-refractivity contribution in [3.05, 3.63) is 23.8 Å². The zero-order valence-electron chi connectivity index (χ0n) is 12.0. The van der Waals surface area contributed by atoms with Gasteiger partial charge in [0.25, 0.3) is 5.91 Å². The predicted octanol–water partition coefficient (Wildman–Crippen LogP) is 1.74. The summed E-state index contributed by atoms with van der Waals surface area (Å²) in [5.74, 6) is 0.272. The van der Waals surface area contributed by atoms with Gasteiger partial charge in [0.05, 0.1) is 7.11 Å². The van der Waals surface area contributed by atoms with Crippen molar-refractivity contribution < 1.29 is 14.6 Å². The maximum absolute atomic E-state index is 12.4. The van der Waals surface area contributed by atoms with Crippen molar-refractivity contribution in [3.8, 4) is 11.5 Å². The Morgan fingerprint density at radius 3 is 2.55 bits per heavy atom. The smallest absolute Gasteiger partial charge is 0.253 e. The van der Waals surface area contributed by atoms with Crippen LogP contribution in [-0.2, 0) is 0 Å². The molecule has 3 N–H and O–H groups in total. The maximum Gasteiger partial charge on any atom is 0.253 e. The minimum atomic E-state index is -0.0802. The third-order valence-electron chi connectivity index (χ3n) is 4.04. The van der Waals surface area contributed by atoms with Crippen LogP contribution in [0.5, 0.6) is 11.5 Å². The summed E-state index contributed by atoms with van der Waals surface area (Å²) in [6.07, 6.45) is 3.78. The molecule has 0 bridgehead atoms. The highest BCUT2D eigenvalue weighted by molar-refractivity contribution is 5.95. The summed E-state index contributed by atoms with van der Waals surface area (Å²) in [5, 5.41) is 9.75. The molecule has 5 nitrogen and oxygen atoms in total. The van der Waals surface area contributed by atoms with E-state index in [2.05, 4.69) is 0 Å². The van der Waals surface area contributed by atoms with E-state index in [1.165, 1.54) is 13.2 Å². The predicted molar refractivity (Wildman–Crippen MR) is 77.0 cm³/mol. The number of rotatable bonds is 3. The Morgan fingerprint density at radius 2 is 2.00 bits per heavy atom. The number of amides is 1. The van der Waals surface area contributed by atoms with Gasteiger partial charge in [0.1, 0.15) is 0 Å². The maximum atomic E-state index is 12.4. The van der Waals surface area contributed by atoms with Gasteiger partial charge in [-0.3, -0.25) is 4.79 Å². The molecule has 1 amide bonds. The van der Waals surface area contributed by atoms with Crippen molar-refractivity contribution in [2.24, 2.45) is 5.73 Å². The minimum absolute atomic E-state index is 0.0163. The second-order valence-electron chi connectivity index (χ2n) is 5.37. The van der Waals surface area contributed by atoms with Crippen LogP contribution in [0, 0.1) is 0 Å². The summed E-state index contributed by atoms with van der Waals surface area (Å²) in [6, 6.07) is 5.22. The van der Waals surface area contributed by atoms with E-state index in [1.54, 1.807) is 17.0 Å².